The van der Waals surface area contributed by atoms with Crippen molar-refractivity contribution in [2.75, 3.05) is 13.1 Å². The van der Waals surface area contributed by atoms with Crippen LogP contribution in [0.15, 0.2) is 182 Å². The Labute approximate surface area is 335 Å². The SMILES string of the molecule is c1ccc(C(N[C@H]2CCCCC2NCCNC2CCCC[C@@H]2NC(c2ccccc2)(c2ccccc2)c2ccccc2)(c2ccccc2)c2ccccc2)cc1. The van der Waals surface area contributed by atoms with E-state index in [4.69, 9.17) is 0 Å². The molecule has 0 aromatic heterocycles. The van der Waals surface area contributed by atoms with Crippen molar-refractivity contribution in [3.05, 3.63) is 215 Å². The number of nitrogens with one attached hydrogen (secondary N) is 4. The van der Waals surface area contributed by atoms with Crippen LogP contribution in [-0.4, -0.2) is 37.3 Å². The number of hydrogen-bond acceptors (Lipinski definition) is 4. The van der Waals surface area contributed by atoms with Crippen LogP contribution in [0.25, 0.3) is 0 Å². The van der Waals surface area contributed by atoms with Crippen LogP contribution in [0.2, 0.25) is 0 Å². The Morgan fingerprint density at radius 3 is 0.750 bits per heavy atom. The third-order valence-electron chi connectivity index (χ3n) is 12.5. The van der Waals surface area contributed by atoms with Crippen LogP contribution in [0.3, 0.4) is 0 Å². The van der Waals surface area contributed by atoms with Crippen molar-refractivity contribution in [3.63, 3.8) is 0 Å². The molecular weight excluding hydrogens is 681 g/mol. The first-order valence-corrected chi connectivity index (χ1v) is 21.1. The van der Waals surface area contributed by atoms with Crippen LogP contribution in [-0.2, 0) is 11.1 Å². The Bertz CT molecular complexity index is 1680. The van der Waals surface area contributed by atoms with Crippen molar-refractivity contribution in [2.45, 2.75) is 86.6 Å². The summed E-state index contributed by atoms with van der Waals surface area (Å²) in [7, 11) is 0. The quantitative estimate of drug-likeness (QED) is 0.0626. The minimum atomic E-state index is -0.465. The molecule has 0 radical (unpaired) electrons. The van der Waals surface area contributed by atoms with Gasteiger partial charge in [0, 0.05) is 37.3 Å². The molecule has 4 atom stereocenters. The summed E-state index contributed by atoms with van der Waals surface area (Å²) in [5.74, 6) is 0. The Balaban J connectivity index is 1.01. The maximum absolute atomic E-state index is 4.35. The first-order valence-electron chi connectivity index (χ1n) is 21.1. The van der Waals surface area contributed by atoms with E-state index in [0.29, 0.717) is 24.2 Å². The average molecular weight is 739 g/mol. The largest absolute Gasteiger partial charge is 0.311 e. The van der Waals surface area contributed by atoms with Crippen molar-refractivity contribution in [3.8, 4) is 0 Å². The summed E-state index contributed by atoms with van der Waals surface area (Å²) in [5.41, 5.74) is 6.72. The van der Waals surface area contributed by atoms with Crippen LogP contribution in [0.5, 0.6) is 0 Å². The van der Waals surface area contributed by atoms with E-state index >= 15 is 0 Å². The van der Waals surface area contributed by atoms with Gasteiger partial charge in [0.1, 0.15) is 0 Å². The molecule has 2 aliphatic carbocycles. The molecule has 4 N–H and O–H groups in total. The van der Waals surface area contributed by atoms with Gasteiger partial charge >= 0.3 is 0 Å². The van der Waals surface area contributed by atoms with Crippen molar-refractivity contribution in [1.82, 2.24) is 21.3 Å². The lowest BCUT2D eigenvalue weighted by molar-refractivity contribution is 0.234. The molecule has 4 heteroatoms. The van der Waals surface area contributed by atoms with Crippen LogP contribution < -0.4 is 21.3 Å². The van der Waals surface area contributed by atoms with Gasteiger partial charge in [-0.2, -0.15) is 0 Å². The fourth-order valence-corrected chi connectivity index (χ4v) is 9.80. The van der Waals surface area contributed by atoms with Crippen molar-refractivity contribution >= 4 is 0 Å². The van der Waals surface area contributed by atoms with E-state index in [9.17, 15) is 0 Å². The molecule has 2 unspecified atom stereocenters. The third-order valence-corrected chi connectivity index (χ3v) is 12.5. The highest BCUT2D eigenvalue weighted by atomic mass is 15.1. The Hall–Kier alpha value is -4.84. The fourth-order valence-electron chi connectivity index (χ4n) is 9.80. The second-order valence-electron chi connectivity index (χ2n) is 15.9. The molecule has 0 saturated heterocycles. The standard InChI is InChI=1S/C52H58N4/c1-7-23-41(24-8-1)51(42-25-9-2-10-26-42,43-27-11-3-12-28-43)55-49-37-21-19-35-47(49)53-39-40-54-48-36-20-22-38-50(48)56-52(44-29-13-4-14-30-44,45-31-15-5-16-32-45)46-33-17-6-18-34-46/h1-18,23-34,47-50,53-56H,19-22,35-40H2/t47?,48?,49-,50-/m0/s1. The third kappa shape index (κ3) is 8.17. The summed E-state index contributed by atoms with van der Waals surface area (Å²) in [6, 6.07) is 67.8. The van der Waals surface area contributed by atoms with Gasteiger partial charge in [-0.3, -0.25) is 10.6 Å². The van der Waals surface area contributed by atoms with Gasteiger partial charge in [0.05, 0.1) is 11.1 Å². The molecule has 0 bridgehead atoms. The summed E-state index contributed by atoms with van der Waals surface area (Å²) in [5, 5.41) is 16.9. The zero-order valence-corrected chi connectivity index (χ0v) is 32.7. The van der Waals surface area contributed by atoms with Crippen LogP contribution >= 0.6 is 0 Å². The molecule has 0 amide bonds. The lowest BCUT2D eigenvalue weighted by Gasteiger charge is -2.44. The molecule has 8 rings (SSSR count). The van der Waals surface area contributed by atoms with Crippen LogP contribution in [0, 0.1) is 0 Å². The minimum Gasteiger partial charge on any atom is -0.311 e. The van der Waals surface area contributed by atoms with Gasteiger partial charge in [0.2, 0.25) is 0 Å². The molecule has 286 valence electrons. The molecule has 0 heterocycles. The highest BCUT2D eigenvalue weighted by Gasteiger charge is 2.42. The normalized spacial score (nSPS) is 20.4. The van der Waals surface area contributed by atoms with Crippen LogP contribution in [0.4, 0.5) is 0 Å². The van der Waals surface area contributed by atoms with Gasteiger partial charge in [0.25, 0.3) is 0 Å². The van der Waals surface area contributed by atoms with Crippen molar-refractivity contribution < 1.29 is 0 Å². The Kier molecular flexibility index (Phi) is 12.5. The molecule has 56 heavy (non-hydrogen) atoms. The number of hydrogen-bond donors (Lipinski definition) is 4. The van der Waals surface area contributed by atoms with Crippen LogP contribution in [0.1, 0.15) is 84.7 Å². The van der Waals surface area contributed by atoms with Gasteiger partial charge in [-0.15, -0.1) is 0 Å². The first kappa shape index (κ1) is 38.1. The smallest absolute Gasteiger partial charge is 0.0950 e. The molecule has 2 aliphatic rings. The molecule has 4 nitrogen and oxygen atoms in total. The summed E-state index contributed by atoms with van der Waals surface area (Å²) in [6.45, 7) is 1.87. The first-order chi connectivity index (χ1) is 27.8. The van der Waals surface area contributed by atoms with Gasteiger partial charge in [-0.25, -0.2) is 0 Å². The fraction of sp³-hybridized carbons (Fsp3) is 0.308. The number of rotatable bonds is 15. The van der Waals surface area contributed by atoms with Crippen molar-refractivity contribution in [2.24, 2.45) is 0 Å². The highest BCUT2D eigenvalue weighted by molar-refractivity contribution is 5.51. The molecule has 0 spiro atoms. The highest BCUT2D eigenvalue weighted by Crippen LogP contribution is 2.40. The summed E-state index contributed by atoms with van der Waals surface area (Å²) in [6.07, 6.45) is 9.64. The van der Waals surface area contributed by atoms with E-state index in [-0.39, 0.29) is 0 Å². The van der Waals surface area contributed by atoms with Gasteiger partial charge < -0.3 is 10.6 Å². The van der Waals surface area contributed by atoms with E-state index in [2.05, 4.69) is 203 Å². The second kappa shape index (κ2) is 18.4. The minimum absolute atomic E-state index is 0.316. The summed E-state index contributed by atoms with van der Waals surface area (Å²) >= 11 is 0. The van der Waals surface area contributed by atoms with Gasteiger partial charge in [0.15, 0.2) is 0 Å². The Morgan fingerprint density at radius 2 is 0.518 bits per heavy atom. The van der Waals surface area contributed by atoms with Crippen molar-refractivity contribution in [1.29, 1.82) is 0 Å². The topological polar surface area (TPSA) is 48.1 Å². The molecule has 2 fully saturated rings. The molecular formula is C52H58N4. The zero-order chi connectivity index (χ0) is 37.9. The summed E-state index contributed by atoms with van der Waals surface area (Å²) < 4.78 is 0. The molecule has 6 aromatic rings. The second-order valence-corrected chi connectivity index (χ2v) is 15.9. The van der Waals surface area contributed by atoms with Gasteiger partial charge in [-0.1, -0.05) is 208 Å². The maximum Gasteiger partial charge on any atom is 0.0950 e. The molecule has 2 saturated carbocycles. The van der Waals surface area contributed by atoms with E-state index in [1.807, 2.05) is 0 Å². The number of benzene rings is 6. The average Bonchev–Trinajstić information content (AvgIpc) is 3.29. The Morgan fingerprint density at radius 1 is 0.304 bits per heavy atom. The predicted octanol–water partition coefficient (Wildman–Crippen LogP) is 9.95. The predicted molar refractivity (Wildman–Crippen MR) is 233 cm³/mol. The zero-order valence-electron chi connectivity index (χ0n) is 32.7. The summed E-state index contributed by atoms with van der Waals surface area (Å²) in [4.78, 5) is 0. The van der Waals surface area contributed by atoms with Gasteiger partial charge in [-0.05, 0) is 59.1 Å². The molecule has 6 aromatic carbocycles. The molecule has 0 aliphatic heterocycles. The lowest BCUT2D eigenvalue weighted by atomic mass is 9.75. The van der Waals surface area contributed by atoms with E-state index in [1.54, 1.807) is 0 Å². The van der Waals surface area contributed by atoms with E-state index < -0.39 is 11.1 Å². The van der Waals surface area contributed by atoms with E-state index in [1.165, 1.54) is 71.9 Å². The maximum atomic E-state index is 4.35. The lowest BCUT2D eigenvalue weighted by Crippen LogP contribution is -2.59. The monoisotopic (exact) mass is 738 g/mol. The van der Waals surface area contributed by atoms with E-state index in [0.717, 1.165) is 25.9 Å².